The first-order valence-electron chi connectivity index (χ1n) is 5.83. The van der Waals surface area contributed by atoms with Gasteiger partial charge in [-0.15, -0.1) is 0 Å². The maximum atomic E-state index is 6.05. The maximum absolute atomic E-state index is 6.05. The number of aromatic nitrogens is 2. The molecule has 0 aliphatic carbocycles. The zero-order valence-electron chi connectivity index (χ0n) is 10.5. The summed E-state index contributed by atoms with van der Waals surface area (Å²) >= 11 is 11.2. The van der Waals surface area contributed by atoms with Crippen molar-refractivity contribution >= 4 is 28.9 Å². The van der Waals surface area contributed by atoms with Crippen LogP contribution >= 0.6 is 23.8 Å². The summed E-state index contributed by atoms with van der Waals surface area (Å²) in [6, 6.07) is 0.374. The van der Waals surface area contributed by atoms with Gasteiger partial charge in [0.05, 0.1) is 11.6 Å². The Kier molecular flexibility index (Phi) is 5.71. The van der Waals surface area contributed by atoms with E-state index in [2.05, 4.69) is 29.6 Å². The van der Waals surface area contributed by atoms with Crippen LogP contribution in [0.2, 0.25) is 5.02 Å². The van der Waals surface area contributed by atoms with Gasteiger partial charge in [-0.25, -0.2) is 0 Å². The Morgan fingerprint density at radius 1 is 1.59 bits per heavy atom. The number of nitrogens with one attached hydrogen (secondary N) is 2. The van der Waals surface area contributed by atoms with Gasteiger partial charge in [-0.2, -0.15) is 5.10 Å². The molecule has 96 valence electrons. The van der Waals surface area contributed by atoms with Crippen LogP contribution in [0, 0.1) is 0 Å². The lowest BCUT2D eigenvalue weighted by Gasteiger charge is -2.14. The van der Waals surface area contributed by atoms with E-state index in [9.17, 15) is 0 Å². The van der Waals surface area contributed by atoms with Crippen molar-refractivity contribution in [2.75, 3.05) is 0 Å². The second-order valence-electron chi connectivity index (χ2n) is 3.92. The van der Waals surface area contributed by atoms with Gasteiger partial charge in [0.2, 0.25) is 0 Å². The molecular formula is C11H19ClN4S. The average Bonchev–Trinajstić information content (AvgIpc) is 2.67. The van der Waals surface area contributed by atoms with E-state index in [1.165, 1.54) is 0 Å². The van der Waals surface area contributed by atoms with Gasteiger partial charge in [0.25, 0.3) is 0 Å². The molecule has 1 aromatic rings. The summed E-state index contributed by atoms with van der Waals surface area (Å²) < 4.78 is 1.81. The minimum atomic E-state index is 0.374. The highest BCUT2D eigenvalue weighted by Gasteiger charge is 2.07. The molecular weight excluding hydrogens is 256 g/mol. The molecule has 6 heteroatoms. The van der Waals surface area contributed by atoms with E-state index < -0.39 is 0 Å². The minimum absolute atomic E-state index is 0.374. The molecule has 1 rings (SSSR count). The number of thiocarbonyl (C=S) groups is 1. The molecule has 0 amide bonds. The lowest BCUT2D eigenvalue weighted by Crippen LogP contribution is -2.39. The highest BCUT2D eigenvalue weighted by atomic mass is 35.5. The zero-order valence-corrected chi connectivity index (χ0v) is 12.0. The standard InChI is InChI=1S/C11H19ClN4S/c1-4-8(3)14-11(17)13-6-10-9(12)7-16(5-2)15-10/h7-8H,4-6H2,1-3H3,(H2,13,14,17)/t8-/m0/s1. The Hall–Kier alpha value is -0.810. The predicted octanol–water partition coefficient (Wildman–Crippen LogP) is 2.32. The Morgan fingerprint density at radius 2 is 2.29 bits per heavy atom. The van der Waals surface area contributed by atoms with Gasteiger partial charge in [0.1, 0.15) is 5.69 Å². The Balaban J connectivity index is 2.44. The number of rotatable bonds is 5. The fourth-order valence-electron chi connectivity index (χ4n) is 1.26. The molecule has 0 aromatic carbocycles. The largest absolute Gasteiger partial charge is 0.360 e. The van der Waals surface area contributed by atoms with Crippen molar-refractivity contribution in [3.05, 3.63) is 16.9 Å². The van der Waals surface area contributed by atoms with Crippen molar-refractivity contribution in [2.45, 2.75) is 46.3 Å². The topological polar surface area (TPSA) is 41.9 Å². The fraction of sp³-hybridized carbons (Fsp3) is 0.636. The zero-order chi connectivity index (χ0) is 12.8. The second-order valence-corrected chi connectivity index (χ2v) is 4.73. The van der Waals surface area contributed by atoms with Crippen LogP contribution in [0.5, 0.6) is 0 Å². The third-order valence-corrected chi connectivity index (χ3v) is 3.10. The highest BCUT2D eigenvalue weighted by molar-refractivity contribution is 7.80. The number of nitrogens with zero attached hydrogens (tertiary/aromatic N) is 2. The summed E-state index contributed by atoms with van der Waals surface area (Å²) in [6.07, 6.45) is 2.86. The molecule has 0 spiro atoms. The van der Waals surface area contributed by atoms with Gasteiger partial charge < -0.3 is 10.6 Å². The van der Waals surface area contributed by atoms with Crippen molar-refractivity contribution in [2.24, 2.45) is 0 Å². The van der Waals surface area contributed by atoms with E-state index in [-0.39, 0.29) is 0 Å². The number of aryl methyl sites for hydroxylation is 1. The Bertz CT molecular complexity index is 378. The molecule has 0 bridgehead atoms. The summed E-state index contributed by atoms with van der Waals surface area (Å²) in [5.41, 5.74) is 0.821. The van der Waals surface area contributed by atoms with Crippen molar-refractivity contribution in [3.8, 4) is 0 Å². The molecule has 1 atom stereocenters. The van der Waals surface area contributed by atoms with Crippen molar-refractivity contribution in [1.29, 1.82) is 0 Å². The Labute approximate surface area is 113 Å². The first kappa shape index (κ1) is 14.3. The summed E-state index contributed by atoms with van der Waals surface area (Å²) in [6.45, 7) is 7.59. The van der Waals surface area contributed by atoms with Crippen LogP contribution in [0.15, 0.2) is 6.20 Å². The molecule has 0 saturated heterocycles. The predicted molar refractivity (Wildman–Crippen MR) is 75.2 cm³/mol. The van der Waals surface area contributed by atoms with Crippen LogP contribution in [0.4, 0.5) is 0 Å². The molecule has 0 unspecified atom stereocenters. The first-order valence-corrected chi connectivity index (χ1v) is 6.61. The van der Waals surface area contributed by atoms with Crippen molar-refractivity contribution in [3.63, 3.8) is 0 Å². The quantitative estimate of drug-likeness (QED) is 0.809. The molecule has 0 fully saturated rings. The summed E-state index contributed by atoms with van der Waals surface area (Å²) in [4.78, 5) is 0. The van der Waals surface area contributed by atoms with Gasteiger partial charge in [0.15, 0.2) is 5.11 Å². The summed E-state index contributed by atoms with van der Waals surface area (Å²) in [5.74, 6) is 0. The molecule has 1 aromatic heterocycles. The summed E-state index contributed by atoms with van der Waals surface area (Å²) in [7, 11) is 0. The number of hydrogen-bond donors (Lipinski definition) is 2. The van der Waals surface area contributed by atoms with Crippen LogP contribution in [0.3, 0.4) is 0 Å². The third-order valence-electron chi connectivity index (χ3n) is 2.52. The van der Waals surface area contributed by atoms with Crippen LogP contribution in [-0.2, 0) is 13.1 Å². The van der Waals surface area contributed by atoms with Crippen molar-refractivity contribution in [1.82, 2.24) is 20.4 Å². The number of hydrogen-bond acceptors (Lipinski definition) is 2. The number of halogens is 1. The Morgan fingerprint density at radius 3 is 2.82 bits per heavy atom. The van der Waals surface area contributed by atoms with Crippen LogP contribution in [0.25, 0.3) is 0 Å². The SMILES string of the molecule is CC[C@H](C)NC(=S)NCc1nn(CC)cc1Cl. The van der Waals surface area contributed by atoms with Gasteiger partial charge in [-0.3, -0.25) is 4.68 Å². The molecule has 17 heavy (non-hydrogen) atoms. The van der Waals surface area contributed by atoms with Crippen LogP contribution in [-0.4, -0.2) is 20.9 Å². The molecule has 0 saturated carbocycles. The average molecular weight is 275 g/mol. The van der Waals surface area contributed by atoms with Crippen molar-refractivity contribution < 1.29 is 0 Å². The molecule has 0 aliphatic heterocycles. The summed E-state index contributed by atoms with van der Waals surface area (Å²) in [5, 5.41) is 11.9. The molecule has 2 N–H and O–H groups in total. The maximum Gasteiger partial charge on any atom is 0.166 e. The van der Waals surface area contributed by atoms with Gasteiger partial charge in [-0.05, 0) is 32.5 Å². The second kappa shape index (κ2) is 6.81. The van der Waals surface area contributed by atoms with E-state index in [1.54, 1.807) is 0 Å². The molecule has 0 radical (unpaired) electrons. The monoisotopic (exact) mass is 274 g/mol. The van der Waals surface area contributed by atoms with Gasteiger partial charge in [-0.1, -0.05) is 18.5 Å². The van der Waals surface area contributed by atoms with E-state index in [0.717, 1.165) is 18.7 Å². The normalized spacial score (nSPS) is 12.2. The van der Waals surface area contributed by atoms with Gasteiger partial charge in [0, 0.05) is 18.8 Å². The fourth-order valence-corrected chi connectivity index (χ4v) is 1.75. The lowest BCUT2D eigenvalue weighted by atomic mass is 10.3. The highest BCUT2D eigenvalue weighted by Crippen LogP contribution is 2.13. The smallest absolute Gasteiger partial charge is 0.166 e. The minimum Gasteiger partial charge on any atom is -0.360 e. The molecule has 0 aliphatic rings. The van der Waals surface area contributed by atoms with E-state index in [0.29, 0.717) is 22.7 Å². The van der Waals surface area contributed by atoms with Crippen LogP contribution < -0.4 is 10.6 Å². The first-order chi connectivity index (χ1) is 8.06. The van der Waals surface area contributed by atoms with Crippen LogP contribution in [0.1, 0.15) is 32.9 Å². The van der Waals surface area contributed by atoms with Gasteiger partial charge >= 0.3 is 0 Å². The molecule has 4 nitrogen and oxygen atoms in total. The van der Waals surface area contributed by atoms with E-state index >= 15 is 0 Å². The lowest BCUT2D eigenvalue weighted by molar-refractivity contribution is 0.623. The van der Waals surface area contributed by atoms with E-state index in [4.69, 9.17) is 23.8 Å². The van der Waals surface area contributed by atoms with E-state index in [1.807, 2.05) is 17.8 Å². The molecule has 1 heterocycles. The third kappa shape index (κ3) is 4.52.